The van der Waals surface area contributed by atoms with Crippen LogP contribution in [-0.2, 0) is 26.2 Å². The first-order chi connectivity index (χ1) is 12.7. The molecule has 0 spiro atoms. The van der Waals surface area contributed by atoms with E-state index in [2.05, 4.69) is 0 Å². The summed E-state index contributed by atoms with van der Waals surface area (Å²) in [6, 6.07) is 0.745. The molecule has 1 aliphatic carbocycles. The fraction of sp³-hybridized carbons (Fsp3) is 0.600. The van der Waals surface area contributed by atoms with Gasteiger partial charge in [0.1, 0.15) is 6.04 Å². The summed E-state index contributed by atoms with van der Waals surface area (Å²) < 4.78 is 7.03. The molecule has 2 aliphatic rings. The van der Waals surface area contributed by atoms with Crippen molar-refractivity contribution in [1.82, 2.24) is 9.47 Å². The number of fused-ring (bicyclic) bond motifs is 1. The number of likely N-dealkylation sites (tertiary alicyclic amines) is 1. The second kappa shape index (κ2) is 7.29. The number of rotatable bonds is 5. The maximum absolute atomic E-state index is 12.6. The molecule has 0 bridgehead atoms. The van der Waals surface area contributed by atoms with Crippen LogP contribution >= 0.6 is 0 Å². The molecule has 1 aromatic heterocycles. The first-order valence-corrected chi connectivity index (χ1v) is 9.43. The lowest BCUT2D eigenvalue weighted by Gasteiger charge is -2.21. The monoisotopic (exact) mass is 374 g/mol. The summed E-state index contributed by atoms with van der Waals surface area (Å²) in [4.78, 5) is 51.0. The number of aryl methyl sites for hydroxylation is 1. The van der Waals surface area contributed by atoms with E-state index in [1.54, 1.807) is 6.07 Å². The molecule has 0 radical (unpaired) electrons. The molecule has 27 heavy (non-hydrogen) atoms. The van der Waals surface area contributed by atoms with Gasteiger partial charge in [-0.15, -0.1) is 0 Å². The molecule has 7 heteroatoms. The maximum atomic E-state index is 12.6. The molecular formula is C20H26N2O5. The number of ether oxygens (including phenoxy) is 1. The van der Waals surface area contributed by atoms with Crippen LogP contribution < -0.4 is 0 Å². The summed E-state index contributed by atoms with van der Waals surface area (Å²) in [6.07, 6.45) is 3.24. The maximum Gasteiger partial charge on any atom is 0.329 e. The molecule has 0 N–H and O–H groups in total. The second-order valence-electron chi connectivity index (χ2n) is 7.59. The highest BCUT2D eigenvalue weighted by molar-refractivity contribution is 6.08. The number of ketones is 1. The predicted molar refractivity (Wildman–Crippen MR) is 96.9 cm³/mol. The van der Waals surface area contributed by atoms with Gasteiger partial charge in [0, 0.05) is 24.0 Å². The van der Waals surface area contributed by atoms with Crippen LogP contribution in [0, 0.1) is 25.7 Å². The highest BCUT2D eigenvalue weighted by Gasteiger charge is 2.51. The molecule has 2 fully saturated rings. The first-order valence-electron chi connectivity index (χ1n) is 9.43. The standard InChI is InChI=1S/C20H26N2O5/c1-11-9-16(12(2)21(11)4)17(23)10-27-20(26)13(3)22-18(24)14-7-5-6-8-15(14)19(22)25/h9,13-15H,5-8,10H2,1-4H3/t13-,14-,15+/m0/s1. The Morgan fingerprint density at radius 1 is 1.15 bits per heavy atom. The van der Waals surface area contributed by atoms with Crippen molar-refractivity contribution in [3.05, 3.63) is 23.0 Å². The van der Waals surface area contributed by atoms with Gasteiger partial charge in [-0.05, 0) is 39.7 Å². The van der Waals surface area contributed by atoms with Crippen molar-refractivity contribution >= 4 is 23.6 Å². The molecule has 146 valence electrons. The van der Waals surface area contributed by atoms with Crippen LogP contribution in [0.2, 0.25) is 0 Å². The quantitative estimate of drug-likeness (QED) is 0.447. The molecule has 1 saturated heterocycles. The normalized spacial score (nSPS) is 23.3. The molecule has 2 amide bonds. The van der Waals surface area contributed by atoms with E-state index < -0.39 is 18.6 Å². The summed E-state index contributed by atoms with van der Waals surface area (Å²) in [5.41, 5.74) is 2.25. The van der Waals surface area contributed by atoms with Gasteiger partial charge in [-0.2, -0.15) is 0 Å². The number of Topliss-reactive ketones (excluding diaryl/α,β-unsaturated/α-hetero) is 1. The average Bonchev–Trinajstić information content (AvgIpc) is 3.07. The molecule has 1 aliphatic heterocycles. The molecule has 1 aromatic rings. The van der Waals surface area contributed by atoms with Crippen molar-refractivity contribution in [2.75, 3.05) is 6.61 Å². The fourth-order valence-corrected chi connectivity index (χ4v) is 4.15. The van der Waals surface area contributed by atoms with Gasteiger partial charge in [0.05, 0.1) is 11.8 Å². The number of hydrogen-bond acceptors (Lipinski definition) is 5. The Kier molecular flexibility index (Phi) is 5.22. The second-order valence-corrected chi connectivity index (χ2v) is 7.59. The van der Waals surface area contributed by atoms with E-state index in [4.69, 9.17) is 4.74 Å². The number of amides is 2. The van der Waals surface area contributed by atoms with Crippen LogP contribution in [0.5, 0.6) is 0 Å². The van der Waals surface area contributed by atoms with Gasteiger partial charge in [-0.25, -0.2) is 4.79 Å². The highest BCUT2D eigenvalue weighted by atomic mass is 16.5. The SMILES string of the molecule is Cc1cc(C(=O)COC(=O)[C@H](C)N2C(=O)[C@H]3CCCC[C@H]3C2=O)c(C)n1C. The number of aromatic nitrogens is 1. The van der Waals surface area contributed by atoms with E-state index in [0.717, 1.165) is 29.1 Å². The van der Waals surface area contributed by atoms with Crippen LogP contribution in [0.1, 0.15) is 54.4 Å². The Labute approximate surface area is 158 Å². The highest BCUT2D eigenvalue weighted by Crippen LogP contribution is 2.38. The molecule has 2 heterocycles. The van der Waals surface area contributed by atoms with E-state index in [1.165, 1.54) is 6.92 Å². The van der Waals surface area contributed by atoms with Crippen molar-refractivity contribution in [2.45, 2.75) is 52.5 Å². The third-order valence-corrected chi connectivity index (χ3v) is 6.02. The van der Waals surface area contributed by atoms with E-state index >= 15 is 0 Å². The summed E-state index contributed by atoms with van der Waals surface area (Å²) in [5.74, 6) is -2.21. The van der Waals surface area contributed by atoms with E-state index in [9.17, 15) is 19.2 Å². The van der Waals surface area contributed by atoms with E-state index in [-0.39, 0.29) is 29.4 Å². The number of nitrogens with zero attached hydrogens (tertiary/aromatic N) is 2. The molecular weight excluding hydrogens is 348 g/mol. The number of esters is 1. The summed E-state index contributed by atoms with van der Waals surface area (Å²) in [7, 11) is 1.86. The van der Waals surface area contributed by atoms with Crippen molar-refractivity contribution in [3.63, 3.8) is 0 Å². The topological polar surface area (TPSA) is 85.7 Å². The molecule has 1 saturated carbocycles. The fourth-order valence-electron chi connectivity index (χ4n) is 4.15. The Morgan fingerprint density at radius 2 is 1.70 bits per heavy atom. The van der Waals surface area contributed by atoms with Gasteiger partial charge in [0.2, 0.25) is 17.6 Å². The van der Waals surface area contributed by atoms with Crippen molar-refractivity contribution in [2.24, 2.45) is 18.9 Å². The molecule has 7 nitrogen and oxygen atoms in total. The first kappa shape index (κ1) is 19.3. The predicted octanol–water partition coefficient (Wildman–Crippen LogP) is 1.93. The van der Waals surface area contributed by atoms with E-state index in [0.29, 0.717) is 18.4 Å². The largest absolute Gasteiger partial charge is 0.456 e. The Balaban J connectivity index is 1.64. The van der Waals surface area contributed by atoms with Gasteiger partial charge in [0.25, 0.3) is 0 Å². The summed E-state index contributed by atoms with van der Waals surface area (Å²) >= 11 is 0. The minimum atomic E-state index is -1.01. The zero-order valence-corrected chi connectivity index (χ0v) is 16.3. The number of carbonyl (C=O) groups is 4. The smallest absolute Gasteiger partial charge is 0.329 e. The van der Waals surface area contributed by atoms with Crippen LogP contribution in [0.15, 0.2) is 6.07 Å². The van der Waals surface area contributed by atoms with Crippen LogP contribution in [0.3, 0.4) is 0 Å². The van der Waals surface area contributed by atoms with Crippen molar-refractivity contribution in [3.8, 4) is 0 Å². The zero-order valence-electron chi connectivity index (χ0n) is 16.3. The Hall–Kier alpha value is -2.44. The Bertz CT molecular complexity index is 786. The van der Waals surface area contributed by atoms with Gasteiger partial charge >= 0.3 is 5.97 Å². The Morgan fingerprint density at radius 3 is 2.19 bits per heavy atom. The van der Waals surface area contributed by atoms with Crippen molar-refractivity contribution in [1.29, 1.82) is 0 Å². The number of imide groups is 1. The lowest BCUT2D eigenvalue weighted by Crippen LogP contribution is -2.44. The summed E-state index contributed by atoms with van der Waals surface area (Å²) in [5, 5.41) is 0. The molecule has 0 aromatic carbocycles. The van der Waals surface area contributed by atoms with E-state index in [1.807, 2.05) is 25.5 Å². The minimum Gasteiger partial charge on any atom is -0.456 e. The lowest BCUT2D eigenvalue weighted by molar-refractivity contribution is -0.157. The van der Waals surface area contributed by atoms with Crippen LogP contribution in [0.25, 0.3) is 0 Å². The average molecular weight is 374 g/mol. The molecule has 3 atom stereocenters. The zero-order chi connectivity index (χ0) is 19.9. The van der Waals surface area contributed by atoms with Crippen LogP contribution in [0.4, 0.5) is 0 Å². The lowest BCUT2D eigenvalue weighted by atomic mass is 9.81. The minimum absolute atomic E-state index is 0.282. The summed E-state index contributed by atoms with van der Waals surface area (Å²) in [6.45, 7) is 4.80. The van der Waals surface area contributed by atoms with Crippen LogP contribution in [-0.4, -0.2) is 45.7 Å². The third kappa shape index (κ3) is 3.31. The van der Waals surface area contributed by atoms with Crippen molar-refractivity contribution < 1.29 is 23.9 Å². The number of carbonyl (C=O) groups excluding carboxylic acids is 4. The third-order valence-electron chi connectivity index (χ3n) is 6.02. The van der Waals surface area contributed by atoms with Gasteiger partial charge < -0.3 is 9.30 Å². The van der Waals surface area contributed by atoms with Gasteiger partial charge in [0.15, 0.2) is 6.61 Å². The molecule has 0 unspecified atom stereocenters. The van der Waals surface area contributed by atoms with Gasteiger partial charge in [-0.1, -0.05) is 12.8 Å². The van der Waals surface area contributed by atoms with Gasteiger partial charge in [-0.3, -0.25) is 19.3 Å². The number of hydrogen-bond donors (Lipinski definition) is 0. The molecule has 3 rings (SSSR count).